The molecular weight excluding hydrogens is 464 g/mol. The van der Waals surface area contributed by atoms with Gasteiger partial charge in [0.15, 0.2) is 11.5 Å². The van der Waals surface area contributed by atoms with Crippen LogP contribution in [0.5, 0.6) is 11.5 Å². The number of carbonyl (C=O) groups is 2. The highest BCUT2D eigenvalue weighted by molar-refractivity contribution is 7.89. The first kappa shape index (κ1) is 22.9. The van der Waals surface area contributed by atoms with Gasteiger partial charge in [-0.05, 0) is 35.9 Å². The third-order valence-electron chi connectivity index (χ3n) is 4.96. The van der Waals surface area contributed by atoms with Gasteiger partial charge >= 0.3 is 11.8 Å². The Morgan fingerprint density at radius 3 is 2.61 bits per heavy atom. The van der Waals surface area contributed by atoms with Crippen molar-refractivity contribution in [3.05, 3.63) is 53.6 Å². The van der Waals surface area contributed by atoms with E-state index in [9.17, 15) is 26.8 Å². The standard InChI is InChI=1S/C20H19F2N3O7S/c21-13-2-3-14(22)17(8-13)33(28,29)25-5-6-30-18(25)10-24-20(27)19(26)23-9-12-1-4-15-16(7-12)32-11-31-15/h1-4,7-8,18H,5-6,9-11H2,(H,23,26)(H,24,27)/t18-/m1/s1. The lowest BCUT2D eigenvalue weighted by Crippen LogP contribution is -2.47. The molecule has 2 aromatic carbocycles. The quantitative estimate of drug-likeness (QED) is 0.573. The van der Waals surface area contributed by atoms with Crippen LogP contribution >= 0.6 is 0 Å². The number of nitrogens with zero attached hydrogens (tertiary/aromatic N) is 1. The fourth-order valence-corrected chi connectivity index (χ4v) is 4.91. The monoisotopic (exact) mass is 483 g/mol. The van der Waals surface area contributed by atoms with Crippen LogP contribution in [-0.4, -0.2) is 57.3 Å². The van der Waals surface area contributed by atoms with Crippen LogP contribution < -0.4 is 20.1 Å². The zero-order valence-electron chi connectivity index (χ0n) is 17.0. The maximum absolute atomic E-state index is 14.0. The Kier molecular flexibility index (Phi) is 6.44. The molecule has 0 unspecified atom stereocenters. The van der Waals surface area contributed by atoms with E-state index >= 15 is 0 Å². The van der Waals surface area contributed by atoms with Gasteiger partial charge in [0.1, 0.15) is 22.8 Å². The van der Waals surface area contributed by atoms with E-state index in [0.29, 0.717) is 29.2 Å². The number of halogens is 2. The lowest BCUT2D eigenvalue weighted by molar-refractivity contribution is -0.139. The molecule has 1 fully saturated rings. The molecule has 176 valence electrons. The molecule has 13 heteroatoms. The van der Waals surface area contributed by atoms with Gasteiger partial charge < -0.3 is 24.8 Å². The number of benzene rings is 2. The van der Waals surface area contributed by atoms with Crippen LogP contribution in [0.15, 0.2) is 41.3 Å². The molecule has 2 aliphatic rings. The third kappa shape index (κ3) is 4.89. The van der Waals surface area contributed by atoms with Crippen molar-refractivity contribution in [1.29, 1.82) is 0 Å². The Morgan fingerprint density at radius 1 is 1.03 bits per heavy atom. The van der Waals surface area contributed by atoms with Crippen LogP contribution in [0.3, 0.4) is 0 Å². The number of amides is 2. The van der Waals surface area contributed by atoms with Crippen molar-refractivity contribution in [3.63, 3.8) is 0 Å². The summed E-state index contributed by atoms with van der Waals surface area (Å²) in [5.41, 5.74) is 0.675. The lowest BCUT2D eigenvalue weighted by atomic mass is 10.2. The molecule has 1 atom stereocenters. The second-order valence-electron chi connectivity index (χ2n) is 7.10. The predicted molar refractivity (Wildman–Crippen MR) is 107 cm³/mol. The van der Waals surface area contributed by atoms with Crippen molar-refractivity contribution < 1.29 is 41.0 Å². The van der Waals surface area contributed by atoms with E-state index in [1.54, 1.807) is 18.2 Å². The normalized spacial score (nSPS) is 17.7. The van der Waals surface area contributed by atoms with Crippen molar-refractivity contribution in [3.8, 4) is 11.5 Å². The summed E-state index contributed by atoms with van der Waals surface area (Å²) in [6.45, 7) is -0.369. The first-order valence-corrected chi connectivity index (χ1v) is 11.2. The number of nitrogens with one attached hydrogen (secondary N) is 2. The zero-order chi connectivity index (χ0) is 23.6. The summed E-state index contributed by atoms with van der Waals surface area (Å²) in [5, 5.41) is 4.72. The molecule has 0 bridgehead atoms. The molecule has 2 heterocycles. The van der Waals surface area contributed by atoms with Crippen LogP contribution in [0.2, 0.25) is 0 Å². The van der Waals surface area contributed by atoms with E-state index < -0.39 is 44.6 Å². The minimum atomic E-state index is -4.44. The lowest BCUT2D eigenvalue weighted by Gasteiger charge is -2.23. The molecule has 0 aliphatic carbocycles. The Morgan fingerprint density at radius 2 is 1.79 bits per heavy atom. The number of fused-ring (bicyclic) bond motifs is 1. The van der Waals surface area contributed by atoms with Gasteiger partial charge in [-0.3, -0.25) is 9.59 Å². The Labute approximate surface area is 187 Å². The van der Waals surface area contributed by atoms with Crippen molar-refractivity contribution in [1.82, 2.24) is 14.9 Å². The van der Waals surface area contributed by atoms with Crippen LogP contribution in [0.25, 0.3) is 0 Å². The molecule has 0 aromatic heterocycles. The minimum Gasteiger partial charge on any atom is -0.454 e. The molecule has 4 rings (SSSR count). The molecule has 2 aromatic rings. The van der Waals surface area contributed by atoms with Crippen LogP contribution in [0, 0.1) is 11.6 Å². The minimum absolute atomic E-state index is 0.0208. The van der Waals surface area contributed by atoms with Gasteiger partial charge in [0.05, 0.1) is 13.2 Å². The summed E-state index contributed by atoms with van der Waals surface area (Å²) in [5.74, 6) is -2.89. The molecule has 0 spiro atoms. The van der Waals surface area contributed by atoms with Crippen molar-refractivity contribution in [2.75, 3.05) is 26.5 Å². The smallest absolute Gasteiger partial charge is 0.309 e. The van der Waals surface area contributed by atoms with Gasteiger partial charge in [-0.1, -0.05) is 6.07 Å². The summed E-state index contributed by atoms with van der Waals surface area (Å²) in [4.78, 5) is 23.4. The summed E-state index contributed by atoms with van der Waals surface area (Å²) >= 11 is 0. The molecular formula is C20H19F2N3O7S. The number of carbonyl (C=O) groups excluding carboxylic acids is 2. The van der Waals surface area contributed by atoms with Crippen LogP contribution in [0.1, 0.15) is 5.56 Å². The third-order valence-corrected chi connectivity index (χ3v) is 6.86. The molecule has 2 N–H and O–H groups in total. The highest BCUT2D eigenvalue weighted by atomic mass is 32.2. The number of sulfonamides is 1. The summed E-state index contributed by atoms with van der Waals surface area (Å²) in [6, 6.07) is 7.13. The Hall–Kier alpha value is -3.29. The summed E-state index contributed by atoms with van der Waals surface area (Å²) in [6.07, 6.45) is -1.19. The fourth-order valence-electron chi connectivity index (χ4n) is 3.32. The SMILES string of the molecule is O=C(NCc1ccc2c(c1)OCO2)C(=O)NC[C@H]1OCCN1S(=O)(=O)c1cc(F)ccc1F. The highest BCUT2D eigenvalue weighted by Crippen LogP contribution is 2.32. The number of hydrogen-bond donors (Lipinski definition) is 2. The molecule has 2 amide bonds. The van der Waals surface area contributed by atoms with Gasteiger partial charge in [0.25, 0.3) is 0 Å². The average Bonchev–Trinajstić information content (AvgIpc) is 3.46. The molecule has 1 saturated heterocycles. The summed E-state index contributed by atoms with van der Waals surface area (Å²) in [7, 11) is -4.44. The maximum atomic E-state index is 14.0. The fraction of sp³-hybridized carbons (Fsp3) is 0.300. The number of ether oxygens (including phenoxy) is 3. The van der Waals surface area contributed by atoms with Crippen molar-refractivity contribution in [2.24, 2.45) is 0 Å². The second-order valence-corrected chi connectivity index (χ2v) is 8.96. The van der Waals surface area contributed by atoms with Crippen LogP contribution in [-0.2, 0) is 30.9 Å². The molecule has 2 aliphatic heterocycles. The Balaban J connectivity index is 1.33. The first-order chi connectivity index (χ1) is 15.8. The van der Waals surface area contributed by atoms with Gasteiger partial charge in [-0.15, -0.1) is 0 Å². The number of rotatable bonds is 6. The van der Waals surface area contributed by atoms with E-state index in [2.05, 4.69) is 10.6 Å². The zero-order valence-corrected chi connectivity index (χ0v) is 17.9. The molecule has 33 heavy (non-hydrogen) atoms. The van der Waals surface area contributed by atoms with Crippen molar-refractivity contribution >= 4 is 21.8 Å². The highest BCUT2D eigenvalue weighted by Gasteiger charge is 2.38. The van der Waals surface area contributed by atoms with Gasteiger partial charge in [0.2, 0.25) is 16.8 Å². The predicted octanol–water partition coefficient (Wildman–Crippen LogP) is 0.473. The van der Waals surface area contributed by atoms with E-state index in [4.69, 9.17) is 14.2 Å². The topological polar surface area (TPSA) is 123 Å². The van der Waals surface area contributed by atoms with E-state index in [1.165, 1.54) is 0 Å². The maximum Gasteiger partial charge on any atom is 0.309 e. The van der Waals surface area contributed by atoms with Gasteiger partial charge in [0, 0.05) is 13.1 Å². The van der Waals surface area contributed by atoms with E-state index in [-0.39, 0.29) is 33.0 Å². The molecule has 10 nitrogen and oxygen atoms in total. The first-order valence-electron chi connectivity index (χ1n) is 9.79. The average molecular weight is 483 g/mol. The number of hydrogen-bond acceptors (Lipinski definition) is 7. The van der Waals surface area contributed by atoms with Gasteiger partial charge in [-0.2, -0.15) is 4.31 Å². The van der Waals surface area contributed by atoms with Gasteiger partial charge in [-0.25, -0.2) is 17.2 Å². The van der Waals surface area contributed by atoms with Crippen molar-refractivity contribution in [2.45, 2.75) is 17.7 Å². The molecule has 0 saturated carbocycles. The Bertz CT molecular complexity index is 1190. The van der Waals surface area contributed by atoms with E-state index in [1.807, 2.05) is 0 Å². The van der Waals surface area contributed by atoms with E-state index in [0.717, 1.165) is 10.4 Å². The molecule has 0 radical (unpaired) electrons. The van der Waals surface area contributed by atoms with Crippen LogP contribution in [0.4, 0.5) is 8.78 Å². The summed E-state index contributed by atoms with van der Waals surface area (Å²) < 4.78 is 69.6. The second kappa shape index (κ2) is 9.29. The largest absolute Gasteiger partial charge is 0.454 e.